The summed E-state index contributed by atoms with van der Waals surface area (Å²) in [6.45, 7) is 4.69. The van der Waals surface area contributed by atoms with E-state index in [1.54, 1.807) is 37.2 Å². The molecular formula is C22H34N4O6S. The summed E-state index contributed by atoms with van der Waals surface area (Å²) in [4.78, 5) is 14.7. The summed E-state index contributed by atoms with van der Waals surface area (Å²) in [7, 11) is 1.22. The van der Waals surface area contributed by atoms with E-state index in [1.807, 2.05) is 25.1 Å². The topological polar surface area (TPSA) is 116 Å². The molecule has 1 unspecified atom stereocenters. The average Bonchev–Trinajstić information content (AvgIpc) is 3.33. The normalized spacial score (nSPS) is 17.7. The van der Waals surface area contributed by atoms with Crippen LogP contribution in [0, 0.1) is 5.41 Å². The van der Waals surface area contributed by atoms with Crippen LogP contribution in [0.4, 0.5) is 0 Å². The SMILES string of the molecule is COc1ccc2c(CCN(C)C)cn(S(=O)(=O)OCC(C)(C)C(=O)OC3CCN(N)C3)c2c1. The van der Waals surface area contributed by atoms with E-state index in [1.165, 1.54) is 7.11 Å². The van der Waals surface area contributed by atoms with Gasteiger partial charge in [-0.1, -0.05) is 0 Å². The number of carbonyl (C=O) groups excluding carboxylic acids is 1. The highest BCUT2D eigenvalue weighted by atomic mass is 32.2. The number of nitrogens with two attached hydrogens (primary N) is 1. The summed E-state index contributed by atoms with van der Waals surface area (Å²) in [5.74, 6) is 5.73. The van der Waals surface area contributed by atoms with Crippen molar-refractivity contribution in [3.05, 3.63) is 30.0 Å². The lowest BCUT2D eigenvalue weighted by molar-refractivity contribution is -0.160. The first-order valence-electron chi connectivity index (χ1n) is 10.9. The molecule has 2 heterocycles. The van der Waals surface area contributed by atoms with Gasteiger partial charge in [0.05, 0.1) is 31.2 Å². The molecule has 0 amide bonds. The molecule has 184 valence electrons. The maximum atomic E-state index is 13.2. The van der Waals surface area contributed by atoms with Gasteiger partial charge in [0.15, 0.2) is 0 Å². The Balaban J connectivity index is 1.80. The molecule has 2 N–H and O–H groups in total. The molecule has 33 heavy (non-hydrogen) atoms. The van der Waals surface area contributed by atoms with Gasteiger partial charge in [0.25, 0.3) is 0 Å². The Morgan fingerprint density at radius 3 is 2.64 bits per heavy atom. The van der Waals surface area contributed by atoms with Crippen LogP contribution in [0.3, 0.4) is 0 Å². The number of methoxy groups -OCH3 is 1. The van der Waals surface area contributed by atoms with Crippen molar-refractivity contribution in [3.8, 4) is 5.75 Å². The summed E-state index contributed by atoms with van der Waals surface area (Å²) >= 11 is 0. The van der Waals surface area contributed by atoms with E-state index in [0.717, 1.165) is 21.5 Å². The molecule has 10 nitrogen and oxygen atoms in total. The minimum Gasteiger partial charge on any atom is -0.497 e. The molecule has 1 saturated heterocycles. The molecular weight excluding hydrogens is 448 g/mol. The van der Waals surface area contributed by atoms with Gasteiger partial charge in [-0.25, -0.2) is 8.98 Å². The van der Waals surface area contributed by atoms with Crippen molar-refractivity contribution in [2.75, 3.05) is 47.4 Å². The highest BCUT2D eigenvalue weighted by Crippen LogP contribution is 2.29. The molecule has 1 aliphatic heterocycles. The van der Waals surface area contributed by atoms with Gasteiger partial charge in [0.2, 0.25) is 0 Å². The van der Waals surface area contributed by atoms with Crippen molar-refractivity contribution in [2.24, 2.45) is 11.3 Å². The second-order valence-electron chi connectivity index (χ2n) is 9.30. The van der Waals surface area contributed by atoms with E-state index < -0.39 is 21.7 Å². The monoisotopic (exact) mass is 482 g/mol. The zero-order chi connectivity index (χ0) is 24.4. The second-order valence-corrected chi connectivity index (χ2v) is 10.8. The number of ether oxygens (including phenoxy) is 2. The van der Waals surface area contributed by atoms with Gasteiger partial charge in [-0.2, -0.15) is 8.42 Å². The summed E-state index contributed by atoms with van der Waals surface area (Å²) in [5, 5.41) is 2.39. The van der Waals surface area contributed by atoms with E-state index in [9.17, 15) is 13.2 Å². The Labute approximate surface area is 195 Å². The maximum Gasteiger partial charge on any atom is 0.366 e. The lowest BCUT2D eigenvalue weighted by Gasteiger charge is -2.24. The number of likely N-dealkylation sites (N-methyl/N-ethyl adjacent to an activating group) is 1. The van der Waals surface area contributed by atoms with Crippen molar-refractivity contribution in [1.29, 1.82) is 0 Å². The summed E-state index contributed by atoms with van der Waals surface area (Å²) in [6.07, 6.45) is 2.57. The molecule has 1 atom stereocenters. The number of carbonyl (C=O) groups is 1. The minimum atomic E-state index is -4.22. The largest absolute Gasteiger partial charge is 0.497 e. The third-order valence-electron chi connectivity index (χ3n) is 5.70. The van der Waals surface area contributed by atoms with Crippen molar-refractivity contribution in [2.45, 2.75) is 32.8 Å². The number of hydrogen-bond acceptors (Lipinski definition) is 9. The zero-order valence-corrected chi connectivity index (χ0v) is 20.7. The summed E-state index contributed by atoms with van der Waals surface area (Å²) < 4.78 is 43.6. The van der Waals surface area contributed by atoms with E-state index in [2.05, 4.69) is 0 Å². The Kier molecular flexibility index (Phi) is 7.69. The Morgan fingerprint density at radius 2 is 2.03 bits per heavy atom. The van der Waals surface area contributed by atoms with Gasteiger partial charge in [0, 0.05) is 30.7 Å². The fourth-order valence-corrected chi connectivity index (χ4v) is 4.81. The standard InChI is InChI=1S/C22H34N4O6S/c1-22(2,21(27)32-18-9-11-25(23)14-18)15-31-33(28,29)26-13-16(8-10-24(3)4)19-7-6-17(30-5)12-20(19)26/h6-7,12-13,18H,8-11,14-15,23H2,1-5H3. The van der Waals surface area contributed by atoms with Crippen LogP contribution in [0.1, 0.15) is 25.8 Å². The van der Waals surface area contributed by atoms with Gasteiger partial charge in [-0.05, 0) is 58.5 Å². The number of hydrogen-bond donors (Lipinski definition) is 1. The van der Waals surface area contributed by atoms with Crippen molar-refractivity contribution in [1.82, 2.24) is 13.9 Å². The summed E-state index contributed by atoms with van der Waals surface area (Å²) in [5.41, 5.74) is 0.168. The predicted molar refractivity (Wildman–Crippen MR) is 125 cm³/mol. The highest BCUT2D eigenvalue weighted by Gasteiger charge is 2.36. The van der Waals surface area contributed by atoms with E-state index >= 15 is 0 Å². The van der Waals surface area contributed by atoms with Crippen LogP contribution in [0.2, 0.25) is 0 Å². The first-order valence-corrected chi connectivity index (χ1v) is 12.2. The molecule has 0 bridgehead atoms. The molecule has 11 heteroatoms. The molecule has 1 fully saturated rings. The Morgan fingerprint density at radius 1 is 1.30 bits per heavy atom. The Hall–Kier alpha value is -2.18. The van der Waals surface area contributed by atoms with Crippen LogP contribution in [-0.4, -0.2) is 81.8 Å². The summed E-state index contributed by atoms with van der Waals surface area (Å²) in [6, 6.07) is 5.30. The lowest BCUT2D eigenvalue weighted by Crippen LogP contribution is -2.37. The third kappa shape index (κ3) is 6.04. The predicted octanol–water partition coefficient (Wildman–Crippen LogP) is 1.38. The zero-order valence-electron chi connectivity index (χ0n) is 19.9. The number of fused-ring (bicyclic) bond motifs is 1. The quantitative estimate of drug-likeness (QED) is 0.396. The number of esters is 1. The first kappa shape index (κ1) is 25.4. The minimum absolute atomic E-state index is 0.307. The van der Waals surface area contributed by atoms with Crippen molar-refractivity contribution >= 4 is 27.2 Å². The van der Waals surface area contributed by atoms with E-state index in [0.29, 0.717) is 37.2 Å². The lowest BCUT2D eigenvalue weighted by atomic mass is 9.95. The average molecular weight is 483 g/mol. The maximum absolute atomic E-state index is 13.2. The molecule has 1 aromatic carbocycles. The number of hydrazine groups is 1. The molecule has 0 aliphatic carbocycles. The van der Waals surface area contributed by atoms with Gasteiger partial charge in [-0.15, -0.1) is 0 Å². The van der Waals surface area contributed by atoms with Crippen LogP contribution in [-0.2, 0) is 30.4 Å². The second kappa shape index (κ2) is 9.98. The highest BCUT2D eigenvalue weighted by molar-refractivity contribution is 7.85. The molecule has 1 aromatic heterocycles. The smallest absolute Gasteiger partial charge is 0.366 e. The fourth-order valence-electron chi connectivity index (χ4n) is 3.60. The number of benzene rings is 1. The Bertz CT molecular complexity index is 1100. The number of nitrogens with zero attached hydrogens (tertiary/aromatic N) is 3. The molecule has 3 rings (SSSR count). The van der Waals surface area contributed by atoms with Crippen molar-refractivity contribution < 1.29 is 26.9 Å². The van der Waals surface area contributed by atoms with Gasteiger partial charge in [-0.3, -0.25) is 14.8 Å². The van der Waals surface area contributed by atoms with Crippen LogP contribution in [0.5, 0.6) is 5.75 Å². The molecule has 0 spiro atoms. The van der Waals surface area contributed by atoms with Gasteiger partial charge < -0.3 is 14.4 Å². The van der Waals surface area contributed by atoms with E-state index in [4.69, 9.17) is 19.5 Å². The number of rotatable bonds is 10. The van der Waals surface area contributed by atoms with Crippen LogP contribution < -0.4 is 10.6 Å². The molecule has 1 aliphatic rings. The number of aromatic nitrogens is 1. The van der Waals surface area contributed by atoms with Crippen molar-refractivity contribution in [3.63, 3.8) is 0 Å². The van der Waals surface area contributed by atoms with Crippen LogP contribution in [0.15, 0.2) is 24.4 Å². The van der Waals surface area contributed by atoms with Crippen LogP contribution >= 0.6 is 0 Å². The van der Waals surface area contributed by atoms with Gasteiger partial charge >= 0.3 is 16.3 Å². The van der Waals surface area contributed by atoms with Crippen LogP contribution in [0.25, 0.3) is 10.9 Å². The van der Waals surface area contributed by atoms with E-state index in [-0.39, 0.29) is 12.7 Å². The molecule has 0 saturated carbocycles. The molecule has 0 radical (unpaired) electrons. The van der Waals surface area contributed by atoms with Gasteiger partial charge in [0.1, 0.15) is 11.9 Å². The first-order chi connectivity index (χ1) is 15.4. The third-order valence-corrected chi connectivity index (χ3v) is 6.90. The fraction of sp³-hybridized carbons (Fsp3) is 0.591. The molecule has 2 aromatic rings.